The maximum atomic E-state index is 13.1. The first kappa shape index (κ1) is 92.1. The second kappa shape index (κ2) is 65.7. The summed E-state index contributed by atoms with van der Waals surface area (Å²) in [6.45, 7) is 11.9. The van der Waals surface area contributed by atoms with Crippen molar-refractivity contribution in [2.75, 3.05) is 39.6 Å². The third-order valence-electron chi connectivity index (χ3n) is 18.1. The van der Waals surface area contributed by atoms with E-state index in [4.69, 9.17) is 37.0 Å². The molecule has 0 aliphatic heterocycles. The van der Waals surface area contributed by atoms with E-state index in [0.717, 1.165) is 114 Å². The predicted molar refractivity (Wildman–Crippen MR) is 381 cm³/mol. The molecule has 0 saturated heterocycles. The number of ether oxygens (including phenoxy) is 4. The van der Waals surface area contributed by atoms with Crippen LogP contribution in [0, 0.1) is 17.8 Å². The van der Waals surface area contributed by atoms with E-state index in [9.17, 15) is 43.2 Å². The van der Waals surface area contributed by atoms with Crippen LogP contribution in [0.5, 0.6) is 0 Å². The van der Waals surface area contributed by atoms with Crippen LogP contribution in [0.1, 0.15) is 382 Å². The Morgan fingerprint density at radius 1 is 0.309 bits per heavy atom. The Kier molecular flexibility index (Phi) is 64.3. The number of carbonyl (C=O) groups excluding carboxylic acids is 4. The summed E-state index contributed by atoms with van der Waals surface area (Å²) in [6, 6.07) is 0. The van der Waals surface area contributed by atoms with Crippen molar-refractivity contribution in [3.05, 3.63) is 0 Å². The molecule has 558 valence electrons. The van der Waals surface area contributed by atoms with Gasteiger partial charge in [-0.3, -0.25) is 37.3 Å². The summed E-state index contributed by atoms with van der Waals surface area (Å²) in [6.07, 6.45) is 51.2. The maximum absolute atomic E-state index is 13.1. The van der Waals surface area contributed by atoms with Gasteiger partial charge in [0.25, 0.3) is 0 Å². The third kappa shape index (κ3) is 66.0. The Labute approximate surface area is 575 Å². The molecule has 7 atom stereocenters. The quantitative estimate of drug-likeness (QED) is 0.0222. The van der Waals surface area contributed by atoms with Crippen LogP contribution in [0.4, 0.5) is 0 Å². The van der Waals surface area contributed by atoms with Crippen LogP contribution in [0.25, 0.3) is 0 Å². The van der Waals surface area contributed by atoms with E-state index in [1.165, 1.54) is 186 Å². The number of rotatable bonds is 73. The lowest BCUT2D eigenvalue weighted by Gasteiger charge is -2.21. The summed E-state index contributed by atoms with van der Waals surface area (Å²) in [7, 11) is -9.91. The minimum Gasteiger partial charge on any atom is -0.462 e. The molecule has 0 aliphatic carbocycles. The largest absolute Gasteiger partial charge is 0.472 e. The van der Waals surface area contributed by atoms with Crippen molar-refractivity contribution in [3.63, 3.8) is 0 Å². The molecule has 0 radical (unpaired) electrons. The van der Waals surface area contributed by atoms with Gasteiger partial charge in [0.15, 0.2) is 12.2 Å². The summed E-state index contributed by atoms with van der Waals surface area (Å²) in [4.78, 5) is 72.8. The normalized spacial score (nSPS) is 14.7. The van der Waals surface area contributed by atoms with Gasteiger partial charge in [0, 0.05) is 25.7 Å². The summed E-state index contributed by atoms with van der Waals surface area (Å²) >= 11 is 0. The van der Waals surface area contributed by atoms with Crippen molar-refractivity contribution < 1.29 is 80.2 Å². The molecule has 0 aromatic heterocycles. The van der Waals surface area contributed by atoms with Crippen molar-refractivity contribution in [2.24, 2.45) is 17.8 Å². The van der Waals surface area contributed by atoms with Gasteiger partial charge in [0.1, 0.15) is 19.3 Å². The molecule has 0 bridgehead atoms. The minimum atomic E-state index is -4.96. The van der Waals surface area contributed by atoms with Crippen LogP contribution in [0.2, 0.25) is 0 Å². The standard InChI is InChI=1S/C75H146O17P2/c1-8-11-12-13-14-15-16-17-20-23-30-35-44-51-58-75(80)92-71(63-86-73(78)57-50-43-38-37-41-48-55-68(7)10-3)65-90-94(83,84)88-61-69(76)60-87-93(81,82)89-64-70(62-85-72(77)56-49-42-34-29-26-25-28-33-40-47-54-67(6)9-2)91-74(79)59-52-45-36-31-24-21-18-19-22-27-32-39-46-53-66(4)5/h66-71,76H,8-65H2,1-7H3,(H,81,82)(H,83,84)/t67?,68?,69-,70-,71-/m1/s1. The maximum Gasteiger partial charge on any atom is 0.472 e. The highest BCUT2D eigenvalue weighted by Crippen LogP contribution is 2.45. The molecule has 0 rings (SSSR count). The SMILES string of the molecule is CCCCCCCCCCCCCCCCC(=O)O[C@H](COC(=O)CCCCCCCCC(C)CC)COP(=O)(O)OC[C@H](O)COP(=O)(O)OC[C@@H](COC(=O)CCCCCCCCCCCCC(C)CC)OC(=O)CCCCCCCCCCCCCCCC(C)C. The van der Waals surface area contributed by atoms with Gasteiger partial charge in [0.05, 0.1) is 26.4 Å². The van der Waals surface area contributed by atoms with E-state index in [2.05, 4.69) is 48.5 Å². The van der Waals surface area contributed by atoms with E-state index in [1.54, 1.807) is 0 Å². The molecule has 19 heteroatoms. The van der Waals surface area contributed by atoms with Crippen LogP contribution < -0.4 is 0 Å². The van der Waals surface area contributed by atoms with Gasteiger partial charge in [-0.2, -0.15) is 0 Å². The predicted octanol–water partition coefficient (Wildman–Crippen LogP) is 21.8. The van der Waals surface area contributed by atoms with E-state index in [-0.39, 0.29) is 25.7 Å². The van der Waals surface area contributed by atoms with Gasteiger partial charge in [-0.1, -0.05) is 331 Å². The first-order valence-electron chi connectivity index (χ1n) is 38.9. The lowest BCUT2D eigenvalue weighted by atomic mass is 9.99. The van der Waals surface area contributed by atoms with Crippen molar-refractivity contribution >= 4 is 39.5 Å². The van der Waals surface area contributed by atoms with Crippen LogP contribution in [-0.4, -0.2) is 96.7 Å². The lowest BCUT2D eigenvalue weighted by Crippen LogP contribution is -2.30. The van der Waals surface area contributed by atoms with Crippen molar-refractivity contribution in [1.29, 1.82) is 0 Å². The number of phosphoric acid groups is 2. The highest BCUT2D eigenvalue weighted by molar-refractivity contribution is 7.47. The Morgan fingerprint density at radius 3 is 0.809 bits per heavy atom. The van der Waals surface area contributed by atoms with Gasteiger partial charge in [0.2, 0.25) is 0 Å². The molecule has 3 N–H and O–H groups in total. The van der Waals surface area contributed by atoms with Crippen LogP contribution in [0.15, 0.2) is 0 Å². The number of hydrogen-bond acceptors (Lipinski definition) is 15. The third-order valence-corrected chi connectivity index (χ3v) is 20.0. The number of phosphoric ester groups is 2. The van der Waals surface area contributed by atoms with Gasteiger partial charge < -0.3 is 33.8 Å². The molecule has 4 unspecified atom stereocenters. The zero-order chi connectivity index (χ0) is 69.4. The Balaban J connectivity index is 5.27. The molecule has 0 amide bonds. The molecule has 0 aliphatic rings. The van der Waals surface area contributed by atoms with Crippen molar-refractivity contribution in [2.45, 2.75) is 401 Å². The number of hydrogen-bond donors (Lipinski definition) is 3. The van der Waals surface area contributed by atoms with Gasteiger partial charge >= 0.3 is 39.5 Å². The van der Waals surface area contributed by atoms with Crippen LogP contribution >= 0.6 is 15.6 Å². The number of aliphatic hydroxyl groups excluding tert-OH is 1. The van der Waals surface area contributed by atoms with Crippen molar-refractivity contribution in [3.8, 4) is 0 Å². The summed E-state index contributed by atoms with van der Waals surface area (Å²) in [5.41, 5.74) is 0. The highest BCUT2D eigenvalue weighted by Gasteiger charge is 2.30. The lowest BCUT2D eigenvalue weighted by molar-refractivity contribution is -0.161. The average molecular weight is 1380 g/mol. The molecule has 0 spiro atoms. The Morgan fingerprint density at radius 2 is 0.543 bits per heavy atom. The summed E-state index contributed by atoms with van der Waals surface area (Å²) < 4.78 is 68.5. The highest BCUT2D eigenvalue weighted by atomic mass is 31.2. The average Bonchev–Trinajstić information content (AvgIpc) is 2.56. The topological polar surface area (TPSA) is 237 Å². The molecule has 0 fully saturated rings. The smallest absolute Gasteiger partial charge is 0.462 e. The molecule has 0 saturated carbocycles. The molecular weight excluding hydrogens is 1230 g/mol. The molecule has 94 heavy (non-hydrogen) atoms. The van der Waals surface area contributed by atoms with E-state index in [1.807, 2.05) is 0 Å². The van der Waals surface area contributed by atoms with E-state index < -0.39 is 97.5 Å². The zero-order valence-electron chi connectivity index (χ0n) is 61.4. The first-order valence-corrected chi connectivity index (χ1v) is 41.9. The fourth-order valence-electron chi connectivity index (χ4n) is 11.4. The van der Waals surface area contributed by atoms with Crippen LogP contribution in [-0.2, 0) is 65.4 Å². The van der Waals surface area contributed by atoms with E-state index in [0.29, 0.717) is 25.7 Å². The zero-order valence-corrected chi connectivity index (χ0v) is 63.2. The van der Waals surface area contributed by atoms with Gasteiger partial charge in [-0.15, -0.1) is 0 Å². The molecule has 17 nitrogen and oxygen atoms in total. The molecule has 0 heterocycles. The van der Waals surface area contributed by atoms with Gasteiger partial charge in [-0.05, 0) is 43.4 Å². The number of esters is 4. The second-order valence-corrected chi connectivity index (χ2v) is 30.9. The van der Waals surface area contributed by atoms with Gasteiger partial charge in [-0.25, -0.2) is 9.13 Å². The minimum absolute atomic E-state index is 0.107. The molecular formula is C75H146O17P2. The van der Waals surface area contributed by atoms with Crippen LogP contribution in [0.3, 0.4) is 0 Å². The fourth-order valence-corrected chi connectivity index (χ4v) is 12.9. The number of aliphatic hydroxyl groups is 1. The first-order chi connectivity index (χ1) is 45.3. The van der Waals surface area contributed by atoms with E-state index >= 15 is 0 Å². The second-order valence-electron chi connectivity index (χ2n) is 28.0. The molecule has 0 aromatic carbocycles. The summed E-state index contributed by atoms with van der Waals surface area (Å²) in [5, 5.41) is 10.6. The molecule has 0 aromatic rings. The monoisotopic (exact) mass is 1380 g/mol. The Bertz CT molecular complexity index is 1840. The van der Waals surface area contributed by atoms with Crippen molar-refractivity contribution in [1.82, 2.24) is 0 Å². The number of carbonyl (C=O) groups is 4. The fraction of sp³-hybridized carbons (Fsp3) is 0.947. The Hall–Kier alpha value is -1.94. The summed E-state index contributed by atoms with van der Waals surface area (Å²) in [5.74, 6) is 0.208. The number of unbranched alkanes of at least 4 members (excludes halogenated alkanes) is 39.